The van der Waals surface area contributed by atoms with E-state index in [1.165, 1.54) is 25.7 Å². The predicted molar refractivity (Wildman–Crippen MR) is 65.1 cm³/mol. The largest absolute Gasteiger partial charge is 0.376 e. The molecule has 1 aliphatic rings. The van der Waals surface area contributed by atoms with Crippen LogP contribution in [0.3, 0.4) is 0 Å². The van der Waals surface area contributed by atoms with Gasteiger partial charge in [-0.3, -0.25) is 0 Å². The molecule has 0 aromatic rings. The fraction of sp³-hybridized carbons (Fsp3) is 1.00. The Morgan fingerprint density at radius 1 is 1.20 bits per heavy atom. The number of hydrogen-bond acceptors (Lipinski definition) is 2. The molecule has 90 valence electrons. The number of hydrogen-bond donors (Lipinski definition) is 0. The van der Waals surface area contributed by atoms with Gasteiger partial charge in [0.15, 0.2) is 0 Å². The molecule has 1 fully saturated rings. The van der Waals surface area contributed by atoms with E-state index in [9.17, 15) is 0 Å². The summed E-state index contributed by atoms with van der Waals surface area (Å²) < 4.78 is 5.80. The number of rotatable bonds is 4. The first-order valence-electron chi connectivity index (χ1n) is 6.20. The molecule has 1 saturated carbocycles. The van der Waals surface area contributed by atoms with E-state index in [2.05, 4.69) is 39.8 Å². The highest BCUT2D eigenvalue weighted by molar-refractivity contribution is 4.82. The molecule has 0 aliphatic heterocycles. The van der Waals surface area contributed by atoms with Gasteiger partial charge in [-0.1, -0.05) is 6.42 Å². The maximum Gasteiger partial charge on any atom is 0.0598 e. The molecule has 15 heavy (non-hydrogen) atoms. The molecule has 0 heterocycles. The van der Waals surface area contributed by atoms with Gasteiger partial charge in [0.2, 0.25) is 0 Å². The number of ether oxygens (including phenoxy) is 1. The summed E-state index contributed by atoms with van der Waals surface area (Å²) in [5.74, 6) is 0.849. The summed E-state index contributed by atoms with van der Waals surface area (Å²) in [5.41, 5.74) is 0.0201. The molecule has 0 saturated heterocycles. The summed E-state index contributed by atoms with van der Waals surface area (Å²) in [7, 11) is 4.40. The van der Waals surface area contributed by atoms with Crippen LogP contribution in [0, 0.1) is 5.92 Å². The van der Waals surface area contributed by atoms with E-state index in [4.69, 9.17) is 4.74 Å². The fourth-order valence-corrected chi connectivity index (χ4v) is 2.55. The topological polar surface area (TPSA) is 12.5 Å². The van der Waals surface area contributed by atoms with E-state index in [0.717, 1.165) is 18.6 Å². The highest BCUT2D eigenvalue weighted by atomic mass is 16.5. The third-order valence-electron chi connectivity index (χ3n) is 3.31. The molecule has 0 amide bonds. The van der Waals surface area contributed by atoms with Gasteiger partial charge in [-0.15, -0.1) is 0 Å². The molecular weight excluding hydrogens is 186 g/mol. The summed E-state index contributed by atoms with van der Waals surface area (Å²) in [6.07, 6.45) is 5.37. The minimum Gasteiger partial charge on any atom is -0.376 e. The monoisotopic (exact) mass is 213 g/mol. The lowest BCUT2D eigenvalue weighted by Crippen LogP contribution is -2.32. The van der Waals surface area contributed by atoms with Crippen LogP contribution in [-0.4, -0.2) is 37.2 Å². The van der Waals surface area contributed by atoms with Gasteiger partial charge in [0, 0.05) is 12.6 Å². The first-order valence-corrected chi connectivity index (χ1v) is 6.20. The smallest absolute Gasteiger partial charge is 0.0598 e. The second-order valence-electron chi connectivity index (χ2n) is 5.97. The van der Waals surface area contributed by atoms with Gasteiger partial charge in [-0.25, -0.2) is 0 Å². The van der Waals surface area contributed by atoms with Crippen molar-refractivity contribution in [3.8, 4) is 0 Å². The minimum absolute atomic E-state index is 0.0201. The lowest BCUT2D eigenvalue weighted by atomic mass is 9.99. The zero-order chi connectivity index (χ0) is 11.5. The Morgan fingerprint density at radius 2 is 1.87 bits per heavy atom. The molecule has 0 N–H and O–H groups in total. The van der Waals surface area contributed by atoms with Crippen molar-refractivity contribution in [1.29, 1.82) is 0 Å². The molecule has 2 atom stereocenters. The van der Waals surface area contributed by atoms with Gasteiger partial charge in [0.05, 0.1) is 5.60 Å². The van der Waals surface area contributed by atoms with Crippen molar-refractivity contribution in [1.82, 2.24) is 4.90 Å². The highest BCUT2D eigenvalue weighted by Crippen LogP contribution is 2.31. The summed E-state index contributed by atoms with van der Waals surface area (Å²) in [6.45, 7) is 7.31. The van der Waals surface area contributed by atoms with E-state index >= 15 is 0 Å². The molecule has 2 heteroatoms. The second kappa shape index (κ2) is 5.31. The van der Waals surface area contributed by atoms with E-state index in [0.29, 0.717) is 0 Å². The molecule has 0 radical (unpaired) electrons. The first-order chi connectivity index (χ1) is 6.90. The lowest BCUT2D eigenvalue weighted by molar-refractivity contribution is -0.0119. The van der Waals surface area contributed by atoms with Crippen molar-refractivity contribution in [2.45, 2.75) is 58.1 Å². The molecule has 0 bridgehead atoms. The van der Waals surface area contributed by atoms with Gasteiger partial charge in [-0.2, -0.15) is 0 Å². The van der Waals surface area contributed by atoms with Crippen LogP contribution in [0.5, 0.6) is 0 Å². The Labute approximate surface area is 95.0 Å². The Morgan fingerprint density at radius 3 is 2.40 bits per heavy atom. The van der Waals surface area contributed by atoms with Crippen LogP contribution in [0.25, 0.3) is 0 Å². The van der Waals surface area contributed by atoms with Gasteiger partial charge < -0.3 is 9.64 Å². The normalized spacial score (nSPS) is 27.6. The first kappa shape index (κ1) is 13.0. The molecule has 2 unspecified atom stereocenters. The molecule has 1 rings (SSSR count). The van der Waals surface area contributed by atoms with E-state index in [1.807, 2.05) is 0 Å². The molecular formula is C13H27NO. The van der Waals surface area contributed by atoms with Crippen molar-refractivity contribution >= 4 is 0 Å². The van der Waals surface area contributed by atoms with Crippen molar-refractivity contribution in [2.24, 2.45) is 5.92 Å². The Balaban J connectivity index is 2.26. The molecule has 0 aromatic carbocycles. The van der Waals surface area contributed by atoms with Gasteiger partial charge in [0.25, 0.3) is 0 Å². The van der Waals surface area contributed by atoms with Gasteiger partial charge in [-0.05, 0) is 60.0 Å². The zero-order valence-corrected chi connectivity index (χ0v) is 11.0. The van der Waals surface area contributed by atoms with Crippen LogP contribution < -0.4 is 0 Å². The Bertz CT molecular complexity index is 183. The average Bonchev–Trinajstić information content (AvgIpc) is 2.49. The van der Waals surface area contributed by atoms with Crippen molar-refractivity contribution in [3.63, 3.8) is 0 Å². The van der Waals surface area contributed by atoms with E-state index in [1.54, 1.807) is 0 Å². The second-order valence-corrected chi connectivity index (χ2v) is 5.97. The van der Waals surface area contributed by atoms with Crippen LogP contribution in [0.2, 0.25) is 0 Å². The minimum atomic E-state index is 0.0201. The standard InChI is InChI=1S/C13H27NO/c1-13(2,3)15-10-9-11-7-6-8-12(11)14(4)5/h11-12H,6-10H2,1-5H3. The maximum absolute atomic E-state index is 5.80. The lowest BCUT2D eigenvalue weighted by Gasteiger charge is -2.27. The van der Waals surface area contributed by atoms with Crippen LogP contribution in [0.15, 0.2) is 0 Å². The van der Waals surface area contributed by atoms with Crippen LogP contribution in [-0.2, 0) is 4.74 Å². The summed E-state index contributed by atoms with van der Waals surface area (Å²) in [5, 5.41) is 0. The SMILES string of the molecule is CN(C)C1CCCC1CCOC(C)(C)C. The van der Waals surface area contributed by atoms with E-state index in [-0.39, 0.29) is 5.60 Å². The summed E-state index contributed by atoms with van der Waals surface area (Å²) in [4.78, 5) is 2.38. The van der Waals surface area contributed by atoms with Gasteiger partial charge >= 0.3 is 0 Å². The predicted octanol–water partition coefficient (Wildman–Crippen LogP) is 2.92. The Hall–Kier alpha value is -0.0800. The third-order valence-corrected chi connectivity index (χ3v) is 3.31. The Kier molecular flexibility index (Phi) is 4.60. The van der Waals surface area contributed by atoms with Crippen molar-refractivity contribution in [3.05, 3.63) is 0 Å². The highest BCUT2D eigenvalue weighted by Gasteiger charge is 2.28. The van der Waals surface area contributed by atoms with E-state index < -0.39 is 0 Å². The molecule has 0 aromatic heterocycles. The third kappa shape index (κ3) is 4.52. The van der Waals surface area contributed by atoms with Crippen LogP contribution in [0.4, 0.5) is 0 Å². The average molecular weight is 213 g/mol. The van der Waals surface area contributed by atoms with Gasteiger partial charge in [0.1, 0.15) is 0 Å². The van der Waals surface area contributed by atoms with Crippen molar-refractivity contribution < 1.29 is 4.74 Å². The van der Waals surface area contributed by atoms with Crippen molar-refractivity contribution in [2.75, 3.05) is 20.7 Å². The molecule has 0 spiro atoms. The molecule has 1 aliphatic carbocycles. The summed E-state index contributed by atoms with van der Waals surface area (Å²) in [6, 6.07) is 0.786. The number of nitrogens with zero attached hydrogens (tertiary/aromatic N) is 1. The summed E-state index contributed by atoms with van der Waals surface area (Å²) >= 11 is 0. The fourth-order valence-electron chi connectivity index (χ4n) is 2.55. The zero-order valence-electron chi connectivity index (χ0n) is 11.0. The maximum atomic E-state index is 5.80. The van der Waals surface area contributed by atoms with Crippen LogP contribution in [0.1, 0.15) is 46.5 Å². The molecule has 2 nitrogen and oxygen atoms in total. The van der Waals surface area contributed by atoms with Crippen LogP contribution >= 0.6 is 0 Å². The quantitative estimate of drug-likeness (QED) is 0.712.